The number of amides is 1. The summed E-state index contributed by atoms with van der Waals surface area (Å²) >= 11 is 1.35. The highest BCUT2D eigenvalue weighted by Gasteiger charge is 2.13. The lowest BCUT2D eigenvalue weighted by Gasteiger charge is -2.16. The van der Waals surface area contributed by atoms with Crippen molar-refractivity contribution in [3.05, 3.63) is 114 Å². The molecule has 4 aromatic carbocycles. The SMILES string of the molecule is O=C(N[C@H](CO)Cc1ccccc1)c1ccc(COSc2ccc3ccccc3c2)cc1. The highest BCUT2D eigenvalue weighted by Crippen LogP contribution is 2.25. The smallest absolute Gasteiger partial charge is 0.251 e. The van der Waals surface area contributed by atoms with Gasteiger partial charge in [0.2, 0.25) is 0 Å². The number of hydrogen-bond donors (Lipinski definition) is 2. The van der Waals surface area contributed by atoms with Gasteiger partial charge >= 0.3 is 0 Å². The second-order valence-electron chi connectivity index (χ2n) is 7.59. The molecule has 2 N–H and O–H groups in total. The normalized spacial score (nSPS) is 11.9. The molecular weight excluding hydrogens is 418 g/mol. The van der Waals surface area contributed by atoms with Crippen molar-refractivity contribution >= 4 is 28.7 Å². The molecule has 0 aliphatic rings. The third-order valence-corrected chi connectivity index (χ3v) is 5.88. The van der Waals surface area contributed by atoms with Crippen molar-refractivity contribution in [3.8, 4) is 0 Å². The molecule has 0 saturated heterocycles. The molecule has 0 bridgehead atoms. The van der Waals surface area contributed by atoms with Crippen molar-refractivity contribution in [1.82, 2.24) is 5.32 Å². The zero-order valence-electron chi connectivity index (χ0n) is 17.6. The summed E-state index contributed by atoms with van der Waals surface area (Å²) in [5.74, 6) is -0.196. The molecule has 1 amide bonds. The molecule has 0 spiro atoms. The van der Waals surface area contributed by atoms with Gasteiger partial charge in [0.15, 0.2) is 0 Å². The van der Waals surface area contributed by atoms with Crippen molar-refractivity contribution in [2.24, 2.45) is 0 Å². The van der Waals surface area contributed by atoms with Crippen LogP contribution in [-0.2, 0) is 17.2 Å². The molecule has 0 aliphatic heterocycles. The molecule has 0 unspecified atom stereocenters. The number of carbonyl (C=O) groups is 1. The van der Waals surface area contributed by atoms with Crippen LogP contribution in [0.3, 0.4) is 0 Å². The van der Waals surface area contributed by atoms with Crippen LogP contribution in [-0.4, -0.2) is 23.7 Å². The van der Waals surface area contributed by atoms with Crippen LogP contribution in [0.1, 0.15) is 21.5 Å². The van der Waals surface area contributed by atoms with E-state index in [9.17, 15) is 9.90 Å². The Morgan fingerprint density at radius 2 is 1.56 bits per heavy atom. The Kier molecular flexibility index (Phi) is 7.56. The van der Waals surface area contributed by atoms with Gasteiger partial charge in [-0.3, -0.25) is 4.79 Å². The van der Waals surface area contributed by atoms with Gasteiger partial charge in [0.1, 0.15) is 0 Å². The van der Waals surface area contributed by atoms with Gasteiger partial charge in [-0.05, 0) is 52.6 Å². The fourth-order valence-electron chi connectivity index (χ4n) is 3.47. The number of rotatable bonds is 9. The van der Waals surface area contributed by atoms with E-state index in [-0.39, 0.29) is 18.6 Å². The number of benzene rings is 4. The molecule has 1 atom stereocenters. The topological polar surface area (TPSA) is 58.6 Å². The van der Waals surface area contributed by atoms with E-state index in [0.29, 0.717) is 18.6 Å². The third kappa shape index (κ3) is 5.98. The summed E-state index contributed by atoms with van der Waals surface area (Å²) in [5.41, 5.74) is 2.61. The fourth-order valence-corrected chi connectivity index (χ4v) is 4.10. The lowest BCUT2D eigenvalue weighted by atomic mass is 10.1. The van der Waals surface area contributed by atoms with Crippen molar-refractivity contribution in [2.45, 2.75) is 24.0 Å². The molecule has 4 rings (SSSR count). The Hall–Kier alpha value is -3.12. The number of aliphatic hydroxyl groups is 1. The van der Waals surface area contributed by atoms with Gasteiger partial charge in [0, 0.05) is 22.5 Å². The predicted octanol–water partition coefficient (Wildman–Crippen LogP) is 5.40. The van der Waals surface area contributed by atoms with Gasteiger partial charge in [0.25, 0.3) is 5.91 Å². The molecule has 5 heteroatoms. The third-order valence-electron chi connectivity index (χ3n) is 5.20. The van der Waals surface area contributed by atoms with Crippen LogP contribution < -0.4 is 5.32 Å². The first-order valence-electron chi connectivity index (χ1n) is 10.5. The molecule has 4 aromatic rings. The Labute approximate surface area is 192 Å². The van der Waals surface area contributed by atoms with Gasteiger partial charge in [0.05, 0.1) is 19.3 Å². The van der Waals surface area contributed by atoms with E-state index in [4.69, 9.17) is 4.18 Å². The summed E-state index contributed by atoms with van der Waals surface area (Å²) in [5, 5.41) is 14.9. The molecule has 0 aliphatic carbocycles. The van der Waals surface area contributed by atoms with Crippen molar-refractivity contribution in [2.75, 3.05) is 6.61 Å². The quantitative estimate of drug-likeness (QED) is 0.340. The van der Waals surface area contributed by atoms with Crippen LogP contribution in [0.5, 0.6) is 0 Å². The van der Waals surface area contributed by atoms with Crippen LogP contribution in [0, 0.1) is 0 Å². The first kappa shape index (κ1) is 22.1. The zero-order valence-corrected chi connectivity index (χ0v) is 18.4. The number of fused-ring (bicyclic) bond motifs is 1. The zero-order chi connectivity index (χ0) is 22.2. The van der Waals surface area contributed by atoms with E-state index < -0.39 is 0 Å². The summed E-state index contributed by atoms with van der Waals surface area (Å²) in [4.78, 5) is 13.6. The second kappa shape index (κ2) is 11.0. The lowest BCUT2D eigenvalue weighted by molar-refractivity contribution is 0.0916. The number of nitrogens with one attached hydrogen (secondary N) is 1. The largest absolute Gasteiger partial charge is 0.394 e. The Balaban J connectivity index is 1.28. The summed E-state index contributed by atoms with van der Waals surface area (Å²) in [6.45, 7) is 0.325. The summed E-state index contributed by atoms with van der Waals surface area (Å²) in [6.07, 6.45) is 0.584. The van der Waals surface area contributed by atoms with Crippen LogP contribution >= 0.6 is 12.0 Å². The molecular formula is C27H25NO3S. The first-order valence-corrected chi connectivity index (χ1v) is 11.3. The van der Waals surface area contributed by atoms with Crippen LogP contribution in [0.2, 0.25) is 0 Å². The summed E-state index contributed by atoms with van der Waals surface area (Å²) in [6, 6.07) is 31.3. The summed E-state index contributed by atoms with van der Waals surface area (Å²) in [7, 11) is 0. The van der Waals surface area contributed by atoms with Crippen LogP contribution in [0.4, 0.5) is 0 Å². The monoisotopic (exact) mass is 443 g/mol. The van der Waals surface area contributed by atoms with E-state index in [2.05, 4.69) is 29.6 Å². The highest BCUT2D eigenvalue weighted by atomic mass is 32.2. The minimum absolute atomic E-state index is 0.113. The predicted molar refractivity (Wildman–Crippen MR) is 130 cm³/mol. The number of carbonyl (C=O) groups excluding carboxylic acids is 1. The van der Waals surface area contributed by atoms with Crippen LogP contribution in [0.15, 0.2) is 102 Å². The lowest BCUT2D eigenvalue weighted by Crippen LogP contribution is -2.39. The molecule has 0 fully saturated rings. The van der Waals surface area contributed by atoms with Gasteiger partial charge in [-0.25, -0.2) is 0 Å². The molecule has 4 nitrogen and oxygen atoms in total. The highest BCUT2D eigenvalue weighted by molar-refractivity contribution is 7.94. The maximum Gasteiger partial charge on any atom is 0.251 e. The second-order valence-corrected chi connectivity index (χ2v) is 8.47. The molecule has 0 heterocycles. The van der Waals surface area contributed by atoms with Crippen LogP contribution in [0.25, 0.3) is 10.8 Å². The number of hydrogen-bond acceptors (Lipinski definition) is 4. The number of aliphatic hydroxyl groups excluding tert-OH is 1. The molecule has 0 aromatic heterocycles. The minimum atomic E-state index is -0.328. The Morgan fingerprint density at radius 1 is 0.844 bits per heavy atom. The average Bonchev–Trinajstić information content (AvgIpc) is 2.84. The van der Waals surface area contributed by atoms with Gasteiger partial charge in [-0.2, -0.15) is 0 Å². The Morgan fingerprint density at radius 3 is 2.31 bits per heavy atom. The maximum absolute atomic E-state index is 12.6. The maximum atomic E-state index is 12.6. The molecule has 0 radical (unpaired) electrons. The van der Waals surface area contributed by atoms with Crippen molar-refractivity contribution in [1.29, 1.82) is 0 Å². The fraction of sp³-hybridized carbons (Fsp3) is 0.148. The van der Waals surface area contributed by atoms with E-state index in [1.54, 1.807) is 12.1 Å². The van der Waals surface area contributed by atoms with E-state index >= 15 is 0 Å². The van der Waals surface area contributed by atoms with Crippen molar-refractivity contribution in [3.63, 3.8) is 0 Å². The minimum Gasteiger partial charge on any atom is -0.394 e. The van der Waals surface area contributed by atoms with E-state index in [1.165, 1.54) is 22.8 Å². The van der Waals surface area contributed by atoms with Gasteiger partial charge in [-0.1, -0.05) is 72.8 Å². The van der Waals surface area contributed by atoms with E-state index in [1.807, 2.05) is 60.7 Å². The standard InChI is InChI=1S/C27H25NO3S/c29-18-25(16-20-6-2-1-3-7-20)28-27(30)23-12-10-21(11-13-23)19-31-32-26-15-14-22-8-4-5-9-24(22)17-26/h1-15,17,25,29H,16,18-19H2,(H,28,30)/t25-/m0/s1. The van der Waals surface area contributed by atoms with Gasteiger partial charge < -0.3 is 14.6 Å². The molecule has 162 valence electrons. The van der Waals surface area contributed by atoms with E-state index in [0.717, 1.165) is 16.0 Å². The van der Waals surface area contributed by atoms with Crippen molar-refractivity contribution < 1.29 is 14.1 Å². The van der Waals surface area contributed by atoms with Gasteiger partial charge in [-0.15, -0.1) is 0 Å². The summed E-state index contributed by atoms with van der Waals surface area (Å²) < 4.78 is 5.79. The molecule has 0 saturated carbocycles. The average molecular weight is 444 g/mol. The Bertz CT molecular complexity index is 1160. The first-order chi connectivity index (χ1) is 15.7. The molecule has 32 heavy (non-hydrogen) atoms.